The lowest BCUT2D eigenvalue weighted by Crippen LogP contribution is -2.52. The molecular formula is C35H41N5OS. The largest absolute Gasteiger partial charge is 0.457 e. The van der Waals surface area contributed by atoms with Crippen molar-refractivity contribution in [1.29, 1.82) is 0 Å². The SMILES string of the molecule is CC(C1CSC(c2cc3cc(Oc4ccccc4)cc(NC4CCCC4)c3[nH]2)=N1)N1CCN(Cc2ccccc2)CC1. The number of rotatable bonds is 9. The average molecular weight is 580 g/mol. The van der Waals surface area contributed by atoms with Gasteiger partial charge in [-0.2, -0.15) is 0 Å². The molecule has 2 unspecified atom stereocenters. The molecule has 2 N–H and O–H groups in total. The van der Waals surface area contributed by atoms with Crippen molar-refractivity contribution in [2.45, 2.75) is 57.3 Å². The van der Waals surface area contributed by atoms with E-state index in [9.17, 15) is 0 Å². The molecule has 1 aromatic heterocycles. The van der Waals surface area contributed by atoms with E-state index < -0.39 is 0 Å². The van der Waals surface area contributed by atoms with Crippen LogP contribution in [0.25, 0.3) is 10.9 Å². The first-order chi connectivity index (χ1) is 20.7. The molecule has 0 amide bonds. The second-order valence-electron chi connectivity index (χ2n) is 12.0. The molecule has 42 heavy (non-hydrogen) atoms. The van der Waals surface area contributed by atoms with E-state index in [0.717, 1.165) is 77.3 Å². The van der Waals surface area contributed by atoms with Crippen molar-refractivity contribution in [3.8, 4) is 11.5 Å². The van der Waals surface area contributed by atoms with Crippen molar-refractivity contribution in [3.05, 3.63) is 90.1 Å². The molecular weight excluding hydrogens is 538 g/mol. The summed E-state index contributed by atoms with van der Waals surface area (Å²) in [6.45, 7) is 7.84. The highest BCUT2D eigenvalue weighted by molar-refractivity contribution is 8.14. The van der Waals surface area contributed by atoms with Gasteiger partial charge >= 0.3 is 0 Å². The third kappa shape index (κ3) is 6.24. The number of ether oxygens (including phenoxy) is 1. The fourth-order valence-electron chi connectivity index (χ4n) is 6.62. The Labute approximate surface area is 253 Å². The van der Waals surface area contributed by atoms with Crippen molar-refractivity contribution in [2.75, 3.05) is 37.2 Å². The van der Waals surface area contributed by atoms with Crippen LogP contribution in [0.4, 0.5) is 5.69 Å². The van der Waals surface area contributed by atoms with Crippen LogP contribution in [0.3, 0.4) is 0 Å². The van der Waals surface area contributed by atoms with Gasteiger partial charge < -0.3 is 15.0 Å². The molecule has 2 fully saturated rings. The first-order valence-electron chi connectivity index (χ1n) is 15.6. The molecule has 1 saturated carbocycles. The van der Waals surface area contributed by atoms with Gasteiger partial charge in [-0.05, 0) is 49.6 Å². The highest BCUT2D eigenvalue weighted by Crippen LogP contribution is 2.36. The number of piperazine rings is 1. The maximum Gasteiger partial charge on any atom is 0.130 e. The van der Waals surface area contributed by atoms with E-state index in [4.69, 9.17) is 9.73 Å². The van der Waals surface area contributed by atoms with Gasteiger partial charge in [0.05, 0.1) is 22.9 Å². The minimum atomic E-state index is 0.310. The maximum atomic E-state index is 6.28. The monoisotopic (exact) mass is 579 g/mol. The Hall–Kier alpha value is -3.26. The molecule has 0 bridgehead atoms. The van der Waals surface area contributed by atoms with Crippen LogP contribution in [0.5, 0.6) is 11.5 Å². The summed E-state index contributed by atoms with van der Waals surface area (Å²) in [5.74, 6) is 2.75. The number of aromatic amines is 1. The summed E-state index contributed by atoms with van der Waals surface area (Å²) in [7, 11) is 0. The minimum absolute atomic E-state index is 0.310. The molecule has 2 atom stereocenters. The number of nitrogens with zero attached hydrogens (tertiary/aromatic N) is 3. The lowest BCUT2D eigenvalue weighted by molar-refractivity contribution is 0.0912. The van der Waals surface area contributed by atoms with Crippen LogP contribution in [0.1, 0.15) is 43.9 Å². The summed E-state index contributed by atoms with van der Waals surface area (Å²) in [5.41, 5.74) is 4.79. The van der Waals surface area contributed by atoms with E-state index in [1.807, 2.05) is 42.1 Å². The minimum Gasteiger partial charge on any atom is -0.457 e. The quantitative estimate of drug-likeness (QED) is 0.217. The molecule has 3 heterocycles. The number of benzene rings is 3. The second kappa shape index (κ2) is 12.5. The average Bonchev–Trinajstić information content (AvgIpc) is 3.80. The fraction of sp³-hybridized carbons (Fsp3) is 0.400. The van der Waals surface area contributed by atoms with Crippen molar-refractivity contribution < 1.29 is 4.74 Å². The zero-order chi connectivity index (χ0) is 28.3. The molecule has 2 aliphatic heterocycles. The van der Waals surface area contributed by atoms with E-state index >= 15 is 0 Å². The summed E-state index contributed by atoms with van der Waals surface area (Å²) in [6.07, 6.45) is 5.04. The molecule has 7 rings (SSSR count). The van der Waals surface area contributed by atoms with Crippen LogP contribution in [-0.2, 0) is 6.54 Å². The van der Waals surface area contributed by atoms with Gasteiger partial charge in [-0.3, -0.25) is 14.8 Å². The van der Waals surface area contributed by atoms with Gasteiger partial charge in [-0.15, -0.1) is 11.8 Å². The number of hydrogen-bond donors (Lipinski definition) is 2. The Morgan fingerprint density at radius 2 is 1.67 bits per heavy atom. The lowest BCUT2D eigenvalue weighted by atomic mass is 10.1. The Morgan fingerprint density at radius 1 is 0.929 bits per heavy atom. The summed E-state index contributed by atoms with van der Waals surface area (Å²) in [5, 5.41) is 6.12. The summed E-state index contributed by atoms with van der Waals surface area (Å²) < 4.78 is 6.28. The van der Waals surface area contributed by atoms with Crippen LogP contribution >= 0.6 is 11.8 Å². The molecule has 3 aliphatic rings. The van der Waals surface area contributed by atoms with Gasteiger partial charge in [-0.25, -0.2) is 0 Å². The maximum absolute atomic E-state index is 6.28. The van der Waals surface area contributed by atoms with Gasteiger partial charge in [0.25, 0.3) is 0 Å². The van der Waals surface area contributed by atoms with E-state index in [1.54, 1.807) is 0 Å². The number of fused-ring (bicyclic) bond motifs is 1. The molecule has 1 saturated heterocycles. The molecule has 218 valence electrons. The van der Waals surface area contributed by atoms with Crippen molar-refractivity contribution in [2.24, 2.45) is 4.99 Å². The molecule has 0 spiro atoms. The number of nitrogens with one attached hydrogen (secondary N) is 2. The number of hydrogen-bond acceptors (Lipinski definition) is 6. The molecule has 7 heteroatoms. The number of anilines is 1. The predicted molar refractivity (Wildman–Crippen MR) is 176 cm³/mol. The van der Waals surface area contributed by atoms with Gasteiger partial charge in [0, 0.05) is 62.0 Å². The van der Waals surface area contributed by atoms with Crippen molar-refractivity contribution >= 4 is 33.4 Å². The fourth-order valence-corrected chi connectivity index (χ4v) is 7.77. The molecule has 3 aromatic carbocycles. The standard InChI is InChI=1S/C35H41N5OS/c1-25(40-18-16-39(17-19-40)23-26-10-4-2-5-11-26)33-24-42-35(38-33)32-21-27-20-30(41-29-14-6-3-7-15-29)22-31(34(27)37-32)36-28-12-8-9-13-28/h2-7,10-11,14-15,20-22,25,28,33,36-37H,8-9,12-13,16-19,23-24H2,1H3. The number of thioether (sulfide) groups is 1. The van der Waals surface area contributed by atoms with E-state index in [0.29, 0.717) is 18.1 Å². The summed E-state index contributed by atoms with van der Waals surface area (Å²) in [6, 6.07) is 28.7. The van der Waals surface area contributed by atoms with E-state index in [2.05, 4.69) is 75.6 Å². The zero-order valence-electron chi connectivity index (χ0n) is 24.5. The van der Waals surface area contributed by atoms with Crippen LogP contribution in [0.15, 0.2) is 83.9 Å². The number of aromatic nitrogens is 1. The van der Waals surface area contributed by atoms with Gasteiger partial charge in [0.1, 0.15) is 16.5 Å². The first kappa shape index (κ1) is 27.6. The van der Waals surface area contributed by atoms with Gasteiger partial charge in [0.2, 0.25) is 0 Å². The Bertz CT molecular complexity index is 1510. The third-order valence-electron chi connectivity index (χ3n) is 9.09. The number of H-pyrrole nitrogens is 1. The predicted octanol–water partition coefficient (Wildman–Crippen LogP) is 7.38. The topological polar surface area (TPSA) is 55.9 Å². The highest BCUT2D eigenvalue weighted by Gasteiger charge is 2.31. The van der Waals surface area contributed by atoms with Crippen LogP contribution in [-0.4, -0.2) is 69.9 Å². The molecule has 1 aliphatic carbocycles. The van der Waals surface area contributed by atoms with E-state index in [1.165, 1.54) is 31.2 Å². The Kier molecular flexibility index (Phi) is 8.23. The summed E-state index contributed by atoms with van der Waals surface area (Å²) in [4.78, 5) is 14.2. The van der Waals surface area contributed by atoms with Crippen molar-refractivity contribution in [1.82, 2.24) is 14.8 Å². The molecule has 6 nitrogen and oxygen atoms in total. The van der Waals surface area contributed by atoms with Gasteiger partial charge in [-0.1, -0.05) is 61.4 Å². The Balaban J connectivity index is 1.06. The van der Waals surface area contributed by atoms with Crippen LogP contribution < -0.4 is 10.1 Å². The zero-order valence-corrected chi connectivity index (χ0v) is 25.3. The van der Waals surface area contributed by atoms with Crippen LogP contribution in [0.2, 0.25) is 0 Å². The highest BCUT2D eigenvalue weighted by atomic mass is 32.2. The van der Waals surface area contributed by atoms with Gasteiger partial charge in [0.15, 0.2) is 0 Å². The smallest absolute Gasteiger partial charge is 0.130 e. The first-order valence-corrected chi connectivity index (χ1v) is 16.5. The normalized spacial score (nSPS) is 21.1. The molecule has 0 radical (unpaired) electrons. The second-order valence-corrected chi connectivity index (χ2v) is 13.0. The lowest BCUT2D eigenvalue weighted by Gasteiger charge is -2.39. The van der Waals surface area contributed by atoms with E-state index in [-0.39, 0.29) is 0 Å². The van der Waals surface area contributed by atoms with Crippen molar-refractivity contribution in [3.63, 3.8) is 0 Å². The third-order valence-corrected chi connectivity index (χ3v) is 10.2. The summed E-state index contributed by atoms with van der Waals surface area (Å²) >= 11 is 1.89. The molecule has 4 aromatic rings. The number of aliphatic imine (C=N–C) groups is 1. The Morgan fingerprint density at radius 3 is 2.43 bits per heavy atom. The number of para-hydroxylation sites is 1. The van der Waals surface area contributed by atoms with Crippen LogP contribution in [0, 0.1) is 0 Å².